The van der Waals surface area contributed by atoms with Crippen LogP contribution in [0.1, 0.15) is 13.8 Å². The van der Waals surface area contributed by atoms with E-state index in [0.717, 1.165) is 17.3 Å². The Morgan fingerprint density at radius 1 is 1.39 bits per heavy atom. The molecule has 0 radical (unpaired) electrons. The molecule has 0 bridgehead atoms. The lowest BCUT2D eigenvalue weighted by molar-refractivity contribution is -0.119. The van der Waals surface area contributed by atoms with Crippen LogP contribution in [0.5, 0.6) is 0 Å². The van der Waals surface area contributed by atoms with Crippen molar-refractivity contribution < 1.29 is 4.79 Å². The van der Waals surface area contributed by atoms with E-state index >= 15 is 0 Å². The van der Waals surface area contributed by atoms with Gasteiger partial charge in [-0.15, -0.1) is 11.8 Å². The summed E-state index contributed by atoms with van der Waals surface area (Å²) in [5.74, 6) is 0.646. The molecule has 1 aromatic carbocycles. The number of benzene rings is 1. The molecule has 100 valence electrons. The summed E-state index contributed by atoms with van der Waals surface area (Å²) in [6.45, 7) is 5.29. The monoisotopic (exact) mass is 286 g/mol. The molecule has 18 heavy (non-hydrogen) atoms. The van der Waals surface area contributed by atoms with Gasteiger partial charge in [-0.3, -0.25) is 9.69 Å². The molecule has 0 aliphatic heterocycles. The molecule has 0 saturated heterocycles. The average Bonchev–Trinajstić information content (AvgIpc) is 2.29. The highest BCUT2D eigenvalue weighted by atomic mass is 35.5. The van der Waals surface area contributed by atoms with Crippen molar-refractivity contribution in [2.45, 2.75) is 24.8 Å². The van der Waals surface area contributed by atoms with Gasteiger partial charge in [-0.25, -0.2) is 0 Å². The van der Waals surface area contributed by atoms with E-state index in [2.05, 4.69) is 18.7 Å². The normalized spacial score (nSPS) is 11.2. The second-order valence-electron chi connectivity index (χ2n) is 4.33. The molecule has 0 atom stereocenters. The maximum atomic E-state index is 10.9. The first-order chi connectivity index (χ1) is 8.49. The predicted molar refractivity (Wildman–Crippen MR) is 78.1 cm³/mol. The van der Waals surface area contributed by atoms with Crippen molar-refractivity contribution in [3.8, 4) is 0 Å². The Labute approximate surface area is 118 Å². The van der Waals surface area contributed by atoms with E-state index in [-0.39, 0.29) is 5.91 Å². The number of halogens is 1. The summed E-state index contributed by atoms with van der Waals surface area (Å²) >= 11 is 7.58. The molecule has 0 unspecified atom stereocenters. The topological polar surface area (TPSA) is 46.3 Å². The molecular weight excluding hydrogens is 268 g/mol. The number of nitrogens with zero attached hydrogens (tertiary/aromatic N) is 1. The molecule has 0 aromatic heterocycles. The van der Waals surface area contributed by atoms with E-state index in [1.165, 1.54) is 4.90 Å². The van der Waals surface area contributed by atoms with Crippen molar-refractivity contribution >= 4 is 29.3 Å². The summed E-state index contributed by atoms with van der Waals surface area (Å²) in [7, 11) is 0. The smallest absolute Gasteiger partial charge is 0.231 e. The van der Waals surface area contributed by atoms with Crippen LogP contribution in [-0.4, -0.2) is 35.7 Å². The standard InChI is InChI=1S/C13H19ClN2OS/c1-10(2)16(9-13(15)17)7-8-18-12-5-3-11(14)4-6-12/h3-6,10H,7-9H2,1-2H3,(H2,15,17). The van der Waals surface area contributed by atoms with Crippen molar-refractivity contribution in [2.24, 2.45) is 5.73 Å². The number of rotatable bonds is 7. The Balaban J connectivity index is 2.38. The molecule has 1 amide bonds. The first-order valence-electron chi connectivity index (χ1n) is 5.89. The Hall–Kier alpha value is -0.710. The number of hydrogen-bond donors (Lipinski definition) is 1. The fraction of sp³-hybridized carbons (Fsp3) is 0.462. The number of nitrogens with two attached hydrogens (primary N) is 1. The maximum absolute atomic E-state index is 10.9. The lowest BCUT2D eigenvalue weighted by atomic mass is 10.3. The molecule has 2 N–H and O–H groups in total. The van der Waals surface area contributed by atoms with E-state index in [1.54, 1.807) is 11.8 Å². The fourth-order valence-electron chi connectivity index (χ4n) is 1.53. The maximum Gasteiger partial charge on any atom is 0.231 e. The van der Waals surface area contributed by atoms with Gasteiger partial charge in [0.15, 0.2) is 0 Å². The highest BCUT2D eigenvalue weighted by Crippen LogP contribution is 2.20. The summed E-state index contributed by atoms with van der Waals surface area (Å²) in [4.78, 5) is 14.2. The second kappa shape index (κ2) is 7.67. The molecule has 3 nitrogen and oxygen atoms in total. The summed E-state index contributed by atoms with van der Waals surface area (Å²) in [6.07, 6.45) is 0. The lowest BCUT2D eigenvalue weighted by Crippen LogP contribution is -2.39. The molecule has 0 fully saturated rings. The van der Waals surface area contributed by atoms with Crippen molar-refractivity contribution in [1.29, 1.82) is 0 Å². The van der Waals surface area contributed by atoms with Gasteiger partial charge in [-0.2, -0.15) is 0 Å². The largest absolute Gasteiger partial charge is 0.369 e. The third-order valence-corrected chi connectivity index (χ3v) is 3.79. The van der Waals surface area contributed by atoms with E-state index in [4.69, 9.17) is 17.3 Å². The van der Waals surface area contributed by atoms with Gasteiger partial charge in [0.05, 0.1) is 6.54 Å². The fourth-order valence-corrected chi connectivity index (χ4v) is 2.55. The van der Waals surface area contributed by atoms with Crippen molar-refractivity contribution in [3.05, 3.63) is 29.3 Å². The van der Waals surface area contributed by atoms with Gasteiger partial charge in [-0.1, -0.05) is 11.6 Å². The minimum absolute atomic E-state index is 0.278. The molecule has 0 aliphatic rings. The van der Waals surface area contributed by atoms with Gasteiger partial charge >= 0.3 is 0 Å². The first kappa shape index (κ1) is 15.3. The van der Waals surface area contributed by atoms with Crippen molar-refractivity contribution in [1.82, 2.24) is 4.90 Å². The number of primary amides is 1. The summed E-state index contributed by atoms with van der Waals surface area (Å²) < 4.78 is 0. The number of hydrogen-bond acceptors (Lipinski definition) is 3. The molecule has 0 spiro atoms. The number of carbonyl (C=O) groups is 1. The highest BCUT2D eigenvalue weighted by molar-refractivity contribution is 7.99. The van der Waals surface area contributed by atoms with E-state index < -0.39 is 0 Å². The lowest BCUT2D eigenvalue weighted by Gasteiger charge is -2.24. The van der Waals surface area contributed by atoms with Gasteiger partial charge in [-0.05, 0) is 38.1 Å². The van der Waals surface area contributed by atoms with Crippen LogP contribution in [0.25, 0.3) is 0 Å². The summed E-state index contributed by atoms with van der Waals surface area (Å²) in [5.41, 5.74) is 5.23. The van der Waals surface area contributed by atoms with E-state index in [0.29, 0.717) is 12.6 Å². The zero-order valence-corrected chi connectivity index (χ0v) is 12.3. The minimum Gasteiger partial charge on any atom is -0.369 e. The number of amides is 1. The molecule has 1 rings (SSSR count). The Morgan fingerprint density at radius 2 is 2.00 bits per heavy atom. The summed E-state index contributed by atoms with van der Waals surface area (Å²) in [6, 6.07) is 8.09. The zero-order chi connectivity index (χ0) is 13.5. The predicted octanol–water partition coefficient (Wildman–Crippen LogP) is 2.63. The third kappa shape index (κ3) is 5.76. The van der Waals surface area contributed by atoms with E-state index in [9.17, 15) is 4.79 Å². The van der Waals surface area contributed by atoms with Crippen LogP contribution in [0.4, 0.5) is 0 Å². The molecule has 0 heterocycles. The van der Waals surface area contributed by atoms with E-state index in [1.807, 2.05) is 24.3 Å². The zero-order valence-electron chi connectivity index (χ0n) is 10.7. The van der Waals surface area contributed by atoms with Crippen LogP contribution in [0.2, 0.25) is 5.02 Å². The van der Waals surface area contributed by atoms with Crippen LogP contribution in [0.15, 0.2) is 29.2 Å². The Morgan fingerprint density at radius 3 is 2.50 bits per heavy atom. The minimum atomic E-state index is -0.278. The molecular formula is C13H19ClN2OS. The number of carbonyl (C=O) groups excluding carboxylic acids is 1. The van der Waals surface area contributed by atoms with Crippen LogP contribution >= 0.6 is 23.4 Å². The Bertz CT molecular complexity index is 381. The SMILES string of the molecule is CC(C)N(CCSc1ccc(Cl)cc1)CC(N)=O. The van der Waals surface area contributed by atoms with Crippen LogP contribution in [0.3, 0.4) is 0 Å². The molecule has 1 aromatic rings. The van der Waals surface area contributed by atoms with Gasteiger partial charge in [0.2, 0.25) is 5.91 Å². The summed E-state index contributed by atoms with van der Waals surface area (Å²) in [5, 5.41) is 0.747. The number of thioether (sulfide) groups is 1. The second-order valence-corrected chi connectivity index (χ2v) is 5.94. The van der Waals surface area contributed by atoms with Gasteiger partial charge in [0, 0.05) is 28.3 Å². The van der Waals surface area contributed by atoms with Gasteiger partial charge < -0.3 is 5.73 Å². The highest BCUT2D eigenvalue weighted by Gasteiger charge is 2.11. The third-order valence-electron chi connectivity index (χ3n) is 2.55. The molecule has 5 heteroatoms. The molecule has 0 aliphatic carbocycles. The Kier molecular flexibility index (Phi) is 6.54. The van der Waals surface area contributed by atoms with Crippen LogP contribution in [0, 0.1) is 0 Å². The quantitative estimate of drug-likeness (QED) is 0.784. The van der Waals surface area contributed by atoms with Crippen LogP contribution < -0.4 is 5.73 Å². The molecule has 0 saturated carbocycles. The van der Waals surface area contributed by atoms with Gasteiger partial charge in [0.25, 0.3) is 0 Å². The average molecular weight is 287 g/mol. The van der Waals surface area contributed by atoms with Crippen molar-refractivity contribution in [3.63, 3.8) is 0 Å². The first-order valence-corrected chi connectivity index (χ1v) is 7.26. The van der Waals surface area contributed by atoms with Crippen LogP contribution in [-0.2, 0) is 4.79 Å². The van der Waals surface area contributed by atoms with Gasteiger partial charge in [0.1, 0.15) is 0 Å². The van der Waals surface area contributed by atoms with Crippen molar-refractivity contribution in [2.75, 3.05) is 18.8 Å².